The van der Waals surface area contributed by atoms with Gasteiger partial charge < -0.3 is 10.2 Å². The van der Waals surface area contributed by atoms with Crippen LogP contribution < -0.4 is 10.9 Å². The number of benzene rings is 1. The summed E-state index contributed by atoms with van der Waals surface area (Å²) in [7, 11) is 0. The summed E-state index contributed by atoms with van der Waals surface area (Å²) in [6.07, 6.45) is 7.66. The summed E-state index contributed by atoms with van der Waals surface area (Å²) in [5, 5.41) is 14.0. The van der Waals surface area contributed by atoms with E-state index in [-0.39, 0.29) is 17.2 Å². The quantitative estimate of drug-likeness (QED) is 0.356. The summed E-state index contributed by atoms with van der Waals surface area (Å²) >= 11 is 0. The SMILES string of the molecule is CC1CCCCCn2c(=O)c(C3(C#N)CC3)cc3c(ncnc32)N[C@H](C)c2cccc(c2)C(F)(F)C2CCN(CC2)C1. The first-order valence-electron chi connectivity index (χ1n) is 15.5. The Morgan fingerprint density at radius 3 is 2.55 bits per heavy atom. The first kappa shape index (κ1) is 28.7. The third kappa shape index (κ3) is 5.42. The fourth-order valence-corrected chi connectivity index (χ4v) is 6.90. The molecule has 2 aromatic heterocycles. The van der Waals surface area contributed by atoms with E-state index in [0.29, 0.717) is 73.7 Å². The van der Waals surface area contributed by atoms with E-state index >= 15 is 8.78 Å². The van der Waals surface area contributed by atoms with E-state index in [1.807, 2.05) is 13.0 Å². The molecule has 0 spiro atoms. The second-order valence-electron chi connectivity index (χ2n) is 12.8. The molecule has 1 N–H and O–H groups in total. The number of nitrogens with one attached hydrogen (secondary N) is 1. The average molecular weight is 575 g/mol. The standard InChI is InChI=1S/C33H40F2N6O/c1-22-7-4-3-5-14-41-30-27(18-28(31(41)42)32(20-36)12-13-32)29(37-21-38-30)39-23(2)24-8-6-9-26(17-24)33(34,35)25-10-15-40(19-22)16-11-25/h6,8-9,17-18,21-23,25H,3-5,7,10-16,19H2,1-2H3,(H,37,38,39)/t22?,23-/m1/s1. The highest BCUT2D eigenvalue weighted by Crippen LogP contribution is 2.47. The van der Waals surface area contributed by atoms with Gasteiger partial charge in [0.1, 0.15) is 17.8 Å². The van der Waals surface area contributed by atoms with E-state index in [1.54, 1.807) is 28.8 Å². The second kappa shape index (κ2) is 11.4. The number of pyridine rings is 1. The van der Waals surface area contributed by atoms with Crippen molar-refractivity contribution in [2.75, 3.05) is 25.0 Å². The lowest BCUT2D eigenvalue weighted by molar-refractivity contribution is -0.0862. The number of aromatic nitrogens is 3. The molecule has 1 aromatic carbocycles. The molecule has 3 aliphatic heterocycles. The summed E-state index contributed by atoms with van der Waals surface area (Å²) < 4.78 is 33.4. The van der Waals surface area contributed by atoms with Gasteiger partial charge in [0.15, 0.2) is 0 Å². The van der Waals surface area contributed by atoms with Crippen LogP contribution in [0.25, 0.3) is 11.0 Å². The lowest BCUT2D eigenvalue weighted by Crippen LogP contribution is -2.41. The number of aryl methyl sites for hydroxylation is 1. The van der Waals surface area contributed by atoms with Crippen LogP contribution in [0.15, 0.2) is 41.5 Å². The van der Waals surface area contributed by atoms with Gasteiger partial charge in [-0.3, -0.25) is 9.36 Å². The minimum absolute atomic E-state index is 0.0553. The van der Waals surface area contributed by atoms with Gasteiger partial charge in [-0.1, -0.05) is 38.0 Å². The molecule has 4 aliphatic rings. The Morgan fingerprint density at radius 1 is 1.02 bits per heavy atom. The Labute approximate surface area is 246 Å². The van der Waals surface area contributed by atoms with Crippen molar-refractivity contribution in [1.82, 2.24) is 19.4 Å². The van der Waals surface area contributed by atoms with Gasteiger partial charge >= 0.3 is 0 Å². The van der Waals surface area contributed by atoms with Crippen molar-refractivity contribution in [2.24, 2.45) is 11.8 Å². The molecule has 2 fully saturated rings. The van der Waals surface area contributed by atoms with Crippen molar-refractivity contribution >= 4 is 16.9 Å². The highest BCUT2D eigenvalue weighted by molar-refractivity contribution is 5.87. The van der Waals surface area contributed by atoms with Crippen molar-refractivity contribution in [3.8, 4) is 6.07 Å². The van der Waals surface area contributed by atoms with Gasteiger partial charge in [0.05, 0.1) is 16.9 Å². The topological polar surface area (TPSA) is 86.8 Å². The van der Waals surface area contributed by atoms with Crippen LogP contribution in [0.3, 0.4) is 0 Å². The number of nitriles is 1. The van der Waals surface area contributed by atoms with Gasteiger partial charge in [-0.25, -0.2) is 18.7 Å². The van der Waals surface area contributed by atoms with Gasteiger partial charge in [0, 0.05) is 36.2 Å². The van der Waals surface area contributed by atoms with E-state index < -0.39 is 17.3 Å². The smallest absolute Gasteiger partial charge is 0.276 e. The monoisotopic (exact) mass is 574 g/mol. The molecule has 2 atom stereocenters. The fourth-order valence-electron chi connectivity index (χ4n) is 6.90. The predicted octanol–water partition coefficient (Wildman–Crippen LogP) is 6.53. The number of alkyl halides is 2. The Morgan fingerprint density at radius 2 is 1.81 bits per heavy atom. The lowest BCUT2D eigenvalue weighted by Gasteiger charge is -2.37. The number of halogens is 2. The van der Waals surface area contributed by atoms with E-state index in [0.717, 1.165) is 37.8 Å². The molecule has 1 saturated heterocycles. The summed E-state index contributed by atoms with van der Waals surface area (Å²) in [6, 6.07) is 10.6. The molecule has 42 heavy (non-hydrogen) atoms. The average Bonchev–Trinajstić information content (AvgIpc) is 3.79. The molecular formula is C33H40F2N6O. The van der Waals surface area contributed by atoms with Gasteiger partial charge in [-0.2, -0.15) is 5.26 Å². The zero-order valence-electron chi connectivity index (χ0n) is 24.6. The molecule has 9 heteroatoms. The summed E-state index contributed by atoms with van der Waals surface area (Å²) in [5.41, 5.74) is 0.916. The van der Waals surface area contributed by atoms with Crippen LogP contribution in [-0.4, -0.2) is 39.1 Å². The van der Waals surface area contributed by atoms with E-state index in [2.05, 4.69) is 33.2 Å². The highest BCUT2D eigenvalue weighted by atomic mass is 19.3. The van der Waals surface area contributed by atoms with Gasteiger partial charge in [0.25, 0.3) is 11.5 Å². The fraction of sp³-hybridized carbons (Fsp3) is 0.576. The van der Waals surface area contributed by atoms with Crippen LogP contribution in [-0.2, 0) is 17.9 Å². The molecule has 1 saturated carbocycles. The van der Waals surface area contributed by atoms with Gasteiger partial charge in [-0.05, 0) is 82.2 Å². The molecule has 0 amide bonds. The maximum absolute atomic E-state index is 15.8. The number of piperidine rings is 1. The van der Waals surface area contributed by atoms with Crippen molar-refractivity contribution in [1.29, 1.82) is 5.26 Å². The van der Waals surface area contributed by atoms with E-state index in [1.165, 1.54) is 6.33 Å². The predicted molar refractivity (Wildman–Crippen MR) is 159 cm³/mol. The zero-order chi connectivity index (χ0) is 29.5. The first-order valence-corrected chi connectivity index (χ1v) is 15.5. The first-order chi connectivity index (χ1) is 20.2. The number of rotatable bonds is 1. The lowest BCUT2D eigenvalue weighted by atomic mass is 9.85. The van der Waals surface area contributed by atoms with E-state index in [9.17, 15) is 10.1 Å². The molecule has 222 valence electrons. The molecule has 5 heterocycles. The highest BCUT2D eigenvalue weighted by Gasteiger charge is 2.47. The number of hydrogen-bond acceptors (Lipinski definition) is 6. The molecule has 1 unspecified atom stereocenters. The Kier molecular flexibility index (Phi) is 7.77. The van der Waals surface area contributed by atoms with Crippen LogP contribution in [0.4, 0.5) is 14.6 Å². The maximum Gasteiger partial charge on any atom is 0.276 e. The van der Waals surface area contributed by atoms with Crippen molar-refractivity contribution in [3.05, 3.63) is 63.7 Å². The molecule has 7 rings (SSSR count). The van der Waals surface area contributed by atoms with Crippen molar-refractivity contribution < 1.29 is 8.78 Å². The maximum atomic E-state index is 15.8. The number of hydrogen-bond donors (Lipinski definition) is 1. The van der Waals surface area contributed by atoms with Crippen LogP contribution in [0, 0.1) is 23.2 Å². The van der Waals surface area contributed by atoms with Crippen LogP contribution in [0.2, 0.25) is 0 Å². The zero-order valence-corrected chi connectivity index (χ0v) is 24.6. The third-order valence-electron chi connectivity index (χ3n) is 9.74. The molecule has 3 aromatic rings. The molecular weight excluding hydrogens is 534 g/mol. The largest absolute Gasteiger partial charge is 0.363 e. The molecule has 1 aliphatic carbocycles. The summed E-state index contributed by atoms with van der Waals surface area (Å²) in [4.78, 5) is 25.1. The minimum atomic E-state index is -2.91. The molecule has 8 bridgehead atoms. The Bertz CT molecular complexity index is 1550. The van der Waals surface area contributed by atoms with Crippen molar-refractivity contribution in [2.45, 2.75) is 89.1 Å². The number of fused-ring (bicyclic) bond motifs is 9. The van der Waals surface area contributed by atoms with Gasteiger partial charge in [0.2, 0.25) is 0 Å². The van der Waals surface area contributed by atoms with Crippen molar-refractivity contribution in [3.63, 3.8) is 0 Å². The van der Waals surface area contributed by atoms with E-state index in [4.69, 9.17) is 0 Å². The molecule has 0 radical (unpaired) electrons. The van der Waals surface area contributed by atoms with Crippen LogP contribution in [0.5, 0.6) is 0 Å². The third-order valence-corrected chi connectivity index (χ3v) is 9.74. The van der Waals surface area contributed by atoms with Crippen LogP contribution in [0.1, 0.15) is 87.9 Å². The van der Waals surface area contributed by atoms with Crippen LogP contribution >= 0.6 is 0 Å². The summed E-state index contributed by atoms with van der Waals surface area (Å²) in [5.74, 6) is -2.57. The summed E-state index contributed by atoms with van der Waals surface area (Å²) in [6.45, 7) is 7.03. The number of nitrogens with zero attached hydrogens (tertiary/aromatic N) is 5. The number of anilines is 1. The molecule has 7 nitrogen and oxygen atoms in total. The Balaban J connectivity index is 1.41. The minimum Gasteiger partial charge on any atom is -0.363 e. The Hall–Kier alpha value is -3.38. The van der Waals surface area contributed by atoms with Gasteiger partial charge in [-0.15, -0.1) is 0 Å². The normalized spacial score (nSPS) is 27.5. The second-order valence-corrected chi connectivity index (χ2v) is 12.8.